The molecule has 1 saturated heterocycles. The van der Waals surface area contributed by atoms with Crippen LogP contribution >= 0.6 is 0 Å². The first kappa shape index (κ1) is 16.1. The molecule has 0 saturated carbocycles. The third-order valence-electron chi connectivity index (χ3n) is 5.18. The van der Waals surface area contributed by atoms with Crippen molar-refractivity contribution in [3.63, 3.8) is 0 Å². The Hall–Kier alpha value is -3.15. The molecule has 0 aliphatic carbocycles. The van der Waals surface area contributed by atoms with E-state index in [1.807, 2.05) is 41.3 Å². The van der Waals surface area contributed by atoms with E-state index >= 15 is 0 Å². The van der Waals surface area contributed by atoms with Gasteiger partial charge in [-0.1, -0.05) is 12.1 Å². The van der Waals surface area contributed by atoms with Crippen LogP contribution in [0.15, 0.2) is 42.5 Å². The van der Waals surface area contributed by atoms with E-state index in [0.717, 1.165) is 35.8 Å². The molecule has 0 aromatic heterocycles. The van der Waals surface area contributed by atoms with Crippen LogP contribution in [0.5, 0.6) is 23.0 Å². The fourth-order valence-electron chi connectivity index (χ4n) is 3.69. The summed E-state index contributed by atoms with van der Waals surface area (Å²) >= 11 is 0. The Morgan fingerprint density at radius 3 is 2.44 bits per heavy atom. The SMILES string of the molecule is O=C(/C=C/c1ccc2c(c1)OCO2)N1CCC(c2ccc3c(c2)OCO3)C1. The van der Waals surface area contributed by atoms with Gasteiger partial charge in [0.25, 0.3) is 0 Å². The van der Waals surface area contributed by atoms with E-state index in [1.54, 1.807) is 6.08 Å². The lowest BCUT2D eigenvalue weighted by molar-refractivity contribution is -0.124. The largest absolute Gasteiger partial charge is 0.454 e. The normalized spacial score (nSPS) is 19.9. The topological polar surface area (TPSA) is 57.2 Å². The van der Waals surface area contributed by atoms with Gasteiger partial charge in [0.15, 0.2) is 23.0 Å². The number of benzene rings is 2. The first-order valence-electron chi connectivity index (χ1n) is 9.02. The summed E-state index contributed by atoms with van der Waals surface area (Å²) in [5, 5.41) is 0. The second kappa shape index (κ2) is 6.54. The maximum Gasteiger partial charge on any atom is 0.246 e. The number of ether oxygens (including phenoxy) is 4. The molecule has 1 amide bonds. The Balaban J connectivity index is 1.24. The minimum absolute atomic E-state index is 0.0240. The van der Waals surface area contributed by atoms with E-state index in [4.69, 9.17) is 18.9 Å². The lowest BCUT2D eigenvalue weighted by Gasteiger charge is -2.15. The molecule has 0 spiro atoms. The third-order valence-corrected chi connectivity index (χ3v) is 5.18. The van der Waals surface area contributed by atoms with E-state index < -0.39 is 0 Å². The predicted molar refractivity (Wildman–Crippen MR) is 98.1 cm³/mol. The van der Waals surface area contributed by atoms with Crippen LogP contribution in [-0.2, 0) is 4.79 Å². The van der Waals surface area contributed by atoms with Crippen LogP contribution in [0.1, 0.15) is 23.5 Å². The molecule has 6 nitrogen and oxygen atoms in total. The monoisotopic (exact) mass is 365 g/mol. The summed E-state index contributed by atoms with van der Waals surface area (Å²) < 4.78 is 21.5. The zero-order valence-electron chi connectivity index (χ0n) is 14.7. The Morgan fingerprint density at radius 1 is 0.926 bits per heavy atom. The summed E-state index contributed by atoms with van der Waals surface area (Å²) in [4.78, 5) is 14.4. The van der Waals surface area contributed by atoms with Crippen molar-refractivity contribution in [2.45, 2.75) is 12.3 Å². The smallest absolute Gasteiger partial charge is 0.246 e. The minimum atomic E-state index is 0.0240. The molecule has 0 radical (unpaired) electrons. The summed E-state index contributed by atoms with van der Waals surface area (Å²) in [6.45, 7) is 1.99. The Bertz CT molecular complexity index is 923. The van der Waals surface area contributed by atoms with E-state index in [2.05, 4.69) is 6.07 Å². The third kappa shape index (κ3) is 3.07. The molecule has 138 valence electrons. The highest BCUT2D eigenvalue weighted by atomic mass is 16.7. The highest BCUT2D eigenvalue weighted by Crippen LogP contribution is 2.37. The van der Waals surface area contributed by atoms with Gasteiger partial charge in [0.2, 0.25) is 19.5 Å². The van der Waals surface area contributed by atoms with Crippen LogP contribution in [0, 0.1) is 0 Å². The Kier molecular flexibility index (Phi) is 3.89. The molecule has 3 aliphatic rings. The molecule has 0 bridgehead atoms. The van der Waals surface area contributed by atoms with Gasteiger partial charge in [-0.05, 0) is 47.9 Å². The van der Waals surface area contributed by atoms with Crippen molar-refractivity contribution in [3.8, 4) is 23.0 Å². The molecule has 5 rings (SSSR count). The summed E-state index contributed by atoms with van der Waals surface area (Å²) in [5.41, 5.74) is 2.11. The fourth-order valence-corrected chi connectivity index (χ4v) is 3.69. The average Bonchev–Trinajstić information content (AvgIpc) is 3.45. The van der Waals surface area contributed by atoms with Crippen LogP contribution in [-0.4, -0.2) is 37.5 Å². The summed E-state index contributed by atoms with van der Waals surface area (Å²) in [6.07, 6.45) is 4.39. The molecule has 6 heteroatoms. The molecule has 27 heavy (non-hydrogen) atoms. The van der Waals surface area contributed by atoms with Crippen molar-refractivity contribution >= 4 is 12.0 Å². The number of nitrogens with zero attached hydrogens (tertiary/aromatic N) is 1. The van der Waals surface area contributed by atoms with Crippen LogP contribution < -0.4 is 18.9 Å². The lowest BCUT2D eigenvalue weighted by Crippen LogP contribution is -2.26. The fraction of sp³-hybridized carbons (Fsp3) is 0.286. The number of carbonyl (C=O) groups is 1. The summed E-state index contributed by atoms with van der Waals surface area (Å²) in [6, 6.07) is 11.7. The zero-order valence-corrected chi connectivity index (χ0v) is 14.7. The van der Waals surface area contributed by atoms with Crippen molar-refractivity contribution in [2.24, 2.45) is 0 Å². The molecule has 2 aromatic rings. The van der Waals surface area contributed by atoms with Gasteiger partial charge in [0.1, 0.15) is 0 Å². The highest BCUT2D eigenvalue weighted by molar-refractivity contribution is 5.92. The van der Waals surface area contributed by atoms with Gasteiger partial charge in [-0.25, -0.2) is 0 Å². The number of carbonyl (C=O) groups excluding carboxylic acids is 1. The standard InChI is InChI=1S/C21H19NO5/c23-21(6-2-14-1-4-17-19(9-14)26-12-24-17)22-8-7-16(11-22)15-3-5-18-20(10-15)27-13-25-18/h1-6,9-10,16H,7-8,11-13H2/b6-2+. The average molecular weight is 365 g/mol. The van der Waals surface area contributed by atoms with Gasteiger partial charge >= 0.3 is 0 Å². The summed E-state index contributed by atoms with van der Waals surface area (Å²) in [7, 11) is 0. The van der Waals surface area contributed by atoms with E-state index in [1.165, 1.54) is 5.56 Å². The van der Waals surface area contributed by atoms with Crippen molar-refractivity contribution in [2.75, 3.05) is 26.7 Å². The summed E-state index contributed by atoms with van der Waals surface area (Å²) in [5.74, 6) is 3.38. The zero-order chi connectivity index (χ0) is 18.2. The van der Waals surface area contributed by atoms with Crippen molar-refractivity contribution < 1.29 is 23.7 Å². The number of hydrogen-bond acceptors (Lipinski definition) is 5. The molecule has 3 heterocycles. The van der Waals surface area contributed by atoms with Gasteiger partial charge < -0.3 is 23.8 Å². The maximum absolute atomic E-state index is 12.6. The van der Waals surface area contributed by atoms with Crippen LogP contribution in [0.3, 0.4) is 0 Å². The van der Waals surface area contributed by atoms with Gasteiger partial charge in [-0.2, -0.15) is 0 Å². The lowest BCUT2D eigenvalue weighted by atomic mass is 9.98. The maximum atomic E-state index is 12.6. The van der Waals surface area contributed by atoms with Gasteiger partial charge in [-0.3, -0.25) is 4.79 Å². The number of amides is 1. The quantitative estimate of drug-likeness (QED) is 0.782. The molecular weight excluding hydrogens is 346 g/mol. The molecule has 0 N–H and O–H groups in total. The van der Waals surface area contributed by atoms with Crippen LogP contribution in [0.2, 0.25) is 0 Å². The second-order valence-electron chi connectivity index (χ2n) is 6.83. The molecule has 1 unspecified atom stereocenters. The first-order valence-corrected chi connectivity index (χ1v) is 9.02. The van der Waals surface area contributed by atoms with Crippen molar-refractivity contribution in [1.29, 1.82) is 0 Å². The van der Waals surface area contributed by atoms with Crippen molar-refractivity contribution in [3.05, 3.63) is 53.6 Å². The second-order valence-corrected chi connectivity index (χ2v) is 6.83. The number of likely N-dealkylation sites (tertiary alicyclic amines) is 1. The molecule has 1 fully saturated rings. The predicted octanol–water partition coefficient (Wildman–Crippen LogP) is 3.17. The van der Waals surface area contributed by atoms with E-state index in [-0.39, 0.29) is 19.5 Å². The number of hydrogen-bond donors (Lipinski definition) is 0. The first-order chi connectivity index (χ1) is 13.3. The van der Waals surface area contributed by atoms with Crippen molar-refractivity contribution in [1.82, 2.24) is 4.90 Å². The van der Waals surface area contributed by atoms with Crippen LogP contribution in [0.25, 0.3) is 6.08 Å². The Morgan fingerprint density at radius 2 is 1.63 bits per heavy atom. The van der Waals surface area contributed by atoms with E-state index in [9.17, 15) is 4.79 Å². The molecule has 2 aromatic carbocycles. The molecule has 3 aliphatic heterocycles. The molecule has 1 atom stereocenters. The van der Waals surface area contributed by atoms with Gasteiger partial charge in [-0.15, -0.1) is 0 Å². The number of fused-ring (bicyclic) bond motifs is 2. The van der Waals surface area contributed by atoms with Crippen LogP contribution in [0.4, 0.5) is 0 Å². The highest BCUT2D eigenvalue weighted by Gasteiger charge is 2.27. The van der Waals surface area contributed by atoms with E-state index in [0.29, 0.717) is 18.2 Å². The molecular formula is C21H19NO5. The minimum Gasteiger partial charge on any atom is -0.454 e. The van der Waals surface area contributed by atoms with Gasteiger partial charge in [0, 0.05) is 25.1 Å². The number of rotatable bonds is 3. The van der Waals surface area contributed by atoms with Gasteiger partial charge in [0.05, 0.1) is 0 Å². The Labute approximate surface area is 156 Å².